The second-order valence-corrected chi connectivity index (χ2v) is 9.39. The van der Waals surface area contributed by atoms with E-state index in [4.69, 9.17) is 19.5 Å². The lowest BCUT2D eigenvalue weighted by molar-refractivity contribution is 0.263. The fourth-order valence-corrected chi connectivity index (χ4v) is 5.30. The van der Waals surface area contributed by atoms with E-state index in [2.05, 4.69) is 33.2 Å². The molecule has 1 aromatic carbocycles. The van der Waals surface area contributed by atoms with Gasteiger partial charge >= 0.3 is 0 Å². The molecule has 8 heteroatoms. The molecule has 1 saturated carbocycles. The Morgan fingerprint density at radius 3 is 2.74 bits per heavy atom. The minimum atomic E-state index is -0.811. The maximum atomic E-state index is 6.31. The number of hydrogen-bond acceptors (Lipinski definition) is 6. The molecular formula is C23H33N4O3P. The molecule has 2 aliphatic rings. The van der Waals surface area contributed by atoms with E-state index in [0.717, 1.165) is 40.8 Å². The van der Waals surface area contributed by atoms with E-state index >= 15 is 0 Å². The molecule has 0 radical (unpaired) electrons. The summed E-state index contributed by atoms with van der Waals surface area (Å²) in [6.45, 7) is 6.53. The monoisotopic (exact) mass is 444 g/mol. The number of anilines is 1. The molecule has 2 aromatic rings. The molecule has 4 rings (SSSR count). The van der Waals surface area contributed by atoms with E-state index in [1.807, 2.05) is 26.0 Å². The molecule has 7 nitrogen and oxygen atoms in total. The molecule has 0 bridgehead atoms. The van der Waals surface area contributed by atoms with Crippen LogP contribution in [0.1, 0.15) is 51.1 Å². The van der Waals surface area contributed by atoms with Crippen molar-refractivity contribution in [1.29, 1.82) is 0 Å². The van der Waals surface area contributed by atoms with E-state index in [0.29, 0.717) is 38.4 Å². The molecule has 1 aliphatic carbocycles. The number of nitrogens with zero attached hydrogens (tertiary/aromatic N) is 2. The second-order valence-electron chi connectivity index (χ2n) is 7.76. The fourth-order valence-electron chi connectivity index (χ4n) is 4.01. The predicted octanol–water partition coefficient (Wildman–Crippen LogP) is 5.12. The van der Waals surface area contributed by atoms with Crippen LogP contribution in [0.15, 0.2) is 35.5 Å². The van der Waals surface area contributed by atoms with Crippen LogP contribution in [0, 0.1) is 0 Å². The van der Waals surface area contributed by atoms with Crippen LogP contribution in [0.4, 0.5) is 5.82 Å². The van der Waals surface area contributed by atoms with Crippen molar-refractivity contribution in [3.63, 3.8) is 0 Å². The van der Waals surface area contributed by atoms with Crippen LogP contribution in [0.2, 0.25) is 0 Å². The van der Waals surface area contributed by atoms with Gasteiger partial charge in [-0.15, -0.1) is 0 Å². The normalized spacial score (nSPS) is 15.9. The molecular weight excluding hydrogens is 411 g/mol. The smallest absolute Gasteiger partial charge is 0.170 e. The van der Waals surface area contributed by atoms with Crippen molar-refractivity contribution in [2.45, 2.75) is 45.6 Å². The van der Waals surface area contributed by atoms with Gasteiger partial charge in [-0.25, -0.2) is 4.99 Å². The summed E-state index contributed by atoms with van der Waals surface area (Å²) in [5.74, 6) is 2.56. The Morgan fingerprint density at radius 1 is 1.23 bits per heavy atom. The van der Waals surface area contributed by atoms with E-state index in [1.54, 1.807) is 0 Å². The van der Waals surface area contributed by atoms with Crippen LogP contribution < -0.4 is 15.8 Å². The molecule has 0 unspecified atom stereocenters. The Kier molecular flexibility index (Phi) is 7.49. The highest BCUT2D eigenvalue weighted by Crippen LogP contribution is 2.41. The largest absolute Gasteiger partial charge is 0.494 e. The van der Waals surface area contributed by atoms with Gasteiger partial charge in [-0.1, -0.05) is 12.1 Å². The Hall–Kier alpha value is -2.08. The topological polar surface area (TPSA) is 83.0 Å². The first-order valence-electron chi connectivity index (χ1n) is 11.3. The predicted molar refractivity (Wildman–Crippen MR) is 127 cm³/mol. The number of rotatable bonds is 11. The van der Waals surface area contributed by atoms with Gasteiger partial charge in [-0.3, -0.25) is 0 Å². The standard InChI is InChI=1S/C23H33N4O3P/c1-3-29-31(30-4-2)13-7-12-28-19-11-5-8-17(14-19)20-15-27(18-9-6-10-18)23-21(20)22(24)25-16-26-23/h5,8,11,14-15,18,26H,3-4,6-7,9-10,12-13,16H2,1-2H3,(H2,24,25). The van der Waals surface area contributed by atoms with Gasteiger partial charge in [0.1, 0.15) is 24.1 Å². The molecule has 1 aliphatic heterocycles. The highest BCUT2D eigenvalue weighted by Gasteiger charge is 2.28. The van der Waals surface area contributed by atoms with E-state index in [1.165, 1.54) is 19.3 Å². The molecule has 168 valence electrons. The van der Waals surface area contributed by atoms with E-state index < -0.39 is 8.38 Å². The average molecular weight is 445 g/mol. The number of fused-ring (bicyclic) bond motifs is 1. The van der Waals surface area contributed by atoms with Gasteiger partial charge in [0, 0.05) is 24.0 Å². The molecule has 0 amide bonds. The van der Waals surface area contributed by atoms with Gasteiger partial charge < -0.3 is 29.4 Å². The maximum absolute atomic E-state index is 6.31. The number of amidine groups is 1. The van der Waals surface area contributed by atoms with Gasteiger partial charge in [0.2, 0.25) is 0 Å². The highest BCUT2D eigenvalue weighted by molar-refractivity contribution is 7.47. The molecule has 1 fully saturated rings. The zero-order valence-corrected chi connectivity index (χ0v) is 19.4. The molecule has 0 saturated heterocycles. The average Bonchev–Trinajstić information content (AvgIpc) is 3.11. The molecule has 3 N–H and O–H groups in total. The lowest BCUT2D eigenvalue weighted by atomic mass is 9.93. The number of ether oxygens (including phenoxy) is 1. The summed E-state index contributed by atoms with van der Waals surface area (Å²) in [4.78, 5) is 4.42. The third-order valence-corrected chi connectivity index (χ3v) is 7.47. The van der Waals surface area contributed by atoms with E-state index in [9.17, 15) is 0 Å². The summed E-state index contributed by atoms with van der Waals surface area (Å²) in [5, 5.41) is 3.43. The van der Waals surface area contributed by atoms with Crippen molar-refractivity contribution in [1.82, 2.24) is 4.57 Å². The maximum Gasteiger partial charge on any atom is 0.170 e. The molecule has 2 heterocycles. The van der Waals surface area contributed by atoms with Crippen LogP contribution in [0.3, 0.4) is 0 Å². The number of aliphatic imine (C=N–C) groups is 1. The third kappa shape index (κ3) is 5.05. The lowest BCUT2D eigenvalue weighted by Crippen LogP contribution is -2.25. The van der Waals surface area contributed by atoms with Crippen LogP contribution in [0.5, 0.6) is 5.75 Å². The van der Waals surface area contributed by atoms with Gasteiger partial charge in [0.15, 0.2) is 8.38 Å². The van der Waals surface area contributed by atoms with E-state index in [-0.39, 0.29) is 0 Å². The number of nitrogens with two attached hydrogens (primary N) is 1. The number of nitrogens with one attached hydrogen (secondary N) is 1. The number of benzene rings is 1. The second kappa shape index (κ2) is 10.5. The van der Waals surface area contributed by atoms with Crippen molar-refractivity contribution < 1.29 is 13.8 Å². The summed E-state index contributed by atoms with van der Waals surface area (Å²) in [5.41, 5.74) is 9.53. The van der Waals surface area contributed by atoms with Crippen molar-refractivity contribution in [2.75, 3.05) is 38.0 Å². The summed E-state index contributed by atoms with van der Waals surface area (Å²) >= 11 is 0. The third-order valence-electron chi connectivity index (χ3n) is 5.70. The summed E-state index contributed by atoms with van der Waals surface area (Å²) in [6, 6.07) is 8.79. The number of hydrogen-bond donors (Lipinski definition) is 2. The Morgan fingerprint density at radius 2 is 2.03 bits per heavy atom. The Balaban J connectivity index is 1.46. The minimum Gasteiger partial charge on any atom is -0.494 e. The van der Waals surface area contributed by atoms with Crippen molar-refractivity contribution in [2.24, 2.45) is 10.7 Å². The zero-order chi connectivity index (χ0) is 21.6. The van der Waals surface area contributed by atoms with Gasteiger partial charge in [-0.05, 0) is 57.2 Å². The zero-order valence-electron chi connectivity index (χ0n) is 18.5. The Bertz CT molecular complexity index is 904. The first-order valence-corrected chi connectivity index (χ1v) is 12.6. The van der Waals surface area contributed by atoms with Crippen molar-refractivity contribution in [3.8, 4) is 16.9 Å². The summed E-state index contributed by atoms with van der Waals surface area (Å²) in [6.07, 6.45) is 7.73. The molecule has 31 heavy (non-hydrogen) atoms. The Labute approximate surface area is 185 Å². The summed E-state index contributed by atoms with van der Waals surface area (Å²) < 4.78 is 19.7. The van der Waals surface area contributed by atoms with Crippen molar-refractivity contribution in [3.05, 3.63) is 36.0 Å². The molecule has 0 spiro atoms. The van der Waals surface area contributed by atoms with Crippen LogP contribution in [-0.2, 0) is 9.05 Å². The first-order chi connectivity index (χ1) is 15.2. The van der Waals surface area contributed by atoms with Crippen molar-refractivity contribution >= 4 is 20.0 Å². The van der Waals surface area contributed by atoms with Gasteiger partial charge in [0.25, 0.3) is 0 Å². The van der Waals surface area contributed by atoms with Gasteiger partial charge in [-0.2, -0.15) is 0 Å². The molecule has 1 aromatic heterocycles. The summed E-state index contributed by atoms with van der Waals surface area (Å²) in [7, 11) is -0.811. The SMILES string of the molecule is CCOP(CCCOc1cccc(-c2cn(C3CCC3)c3c2C(N)=NCN3)c1)OCC. The van der Waals surface area contributed by atoms with Crippen LogP contribution >= 0.6 is 8.38 Å². The minimum absolute atomic E-state index is 0.532. The highest BCUT2D eigenvalue weighted by atomic mass is 31.2. The lowest BCUT2D eigenvalue weighted by Gasteiger charge is -2.30. The number of aromatic nitrogens is 1. The first kappa shape index (κ1) is 22.1. The van der Waals surface area contributed by atoms with Crippen LogP contribution in [-0.4, -0.2) is 43.1 Å². The molecule has 0 atom stereocenters. The van der Waals surface area contributed by atoms with Crippen LogP contribution in [0.25, 0.3) is 11.1 Å². The van der Waals surface area contributed by atoms with Gasteiger partial charge in [0.05, 0.1) is 25.4 Å². The quantitative estimate of drug-likeness (QED) is 0.371. The fraction of sp³-hybridized carbons (Fsp3) is 0.522.